The van der Waals surface area contributed by atoms with E-state index in [1.165, 1.54) is 4.90 Å². The third-order valence-corrected chi connectivity index (χ3v) is 4.43. The van der Waals surface area contributed by atoms with Crippen LogP contribution in [0.1, 0.15) is 30.6 Å². The summed E-state index contributed by atoms with van der Waals surface area (Å²) in [7, 11) is 0. The maximum Gasteiger partial charge on any atom is 0.308 e. The van der Waals surface area contributed by atoms with Gasteiger partial charge in [-0.1, -0.05) is 25.4 Å². The summed E-state index contributed by atoms with van der Waals surface area (Å²) in [5.74, 6) is -2.13. The van der Waals surface area contributed by atoms with E-state index >= 15 is 0 Å². The maximum absolute atomic E-state index is 12.7. The Kier molecular flexibility index (Phi) is 5.83. The number of aliphatic carboxylic acids is 1. The van der Waals surface area contributed by atoms with Gasteiger partial charge in [-0.2, -0.15) is 0 Å². The van der Waals surface area contributed by atoms with Crippen LogP contribution in [0.4, 0.5) is 0 Å². The molecule has 1 fully saturated rings. The van der Waals surface area contributed by atoms with Gasteiger partial charge in [0.2, 0.25) is 5.91 Å². The number of carbonyl (C=O) groups is 3. The molecule has 1 aromatic carbocycles. The molecule has 2 atom stereocenters. The quantitative estimate of drug-likeness (QED) is 0.848. The second kappa shape index (κ2) is 7.66. The molecule has 1 aliphatic rings. The molecule has 1 saturated heterocycles. The molecule has 1 aliphatic heterocycles. The van der Waals surface area contributed by atoms with Gasteiger partial charge in [-0.3, -0.25) is 14.4 Å². The summed E-state index contributed by atoms with van der Waals surface area (Å²) >= 11 is 5.81. The lowest BCUT2D eigenvalue weighted by atomic mass is 10.0. The third kappa shape index (κ3) is 4.26. The van der Waals surface area contributed by atoms with Crippen molar-refractivity contribution < 1.29 is 19.5 Å². The topological polar surface area (TPSA) is 86.7 Å². The number of benzene rings is 1. The van der Waals surface area contributed by atoms with Gasteiger partial charge in [0.1, 0.15) is 6.04 Å². The Balaban J connectivity index is 2.06. The van der Waals surface area contributed by atoms with E-state index in [0.717, 1.165) is 0 Å². The fraction of sp³-hybridized carbons (Fsp3) is 0.471. The van der Waals surface area contributed by atoms with Crippen molar-refractivity contribution in [1.82, 2.24) is 10.2 Å². The number of halogens is 1. The van der Waals surface area contributed by atoms with E-state index in [0.29, 0.717) is 23.6 Å². The highest BCUT2D eigenvalue weighted by Gasteiger charge is 2.35. The van der Waals surface area contributed by atoms with Crippen molar-refractivity contribution in [3.05, 3.63) is 34.9 Å². The Morgan fingerprint density at radius 2 is 1.88 bits per heavy atom. The zero-order valence-corrected chi connectivity index (χ0v) is 14.4. The number of nitrogens with zero attached hydrogens (tertiary/aromatic N) is 1. The summed E-state index contributed by atoms with van der Waals surface area (Å²) in [6.45, 7) is 4.27. The van der Waals surface area contributed by atoms with Crippen LogP contribution in [0.3, 0.4) is 0 Å². The average Bonchev–Trinajstić information content (AvgIpc) is 3.02. The largest absolute Gasteiger partial charge is 0.481 e. The van der Waals surface area contributed by atoms with E-state index in [-0.39, 0.29) is 24.3 Å². The fourth-order valence-electron chi connectivity index (χ4n) is 2.70. The first-order chi connectivity index (χ1) is 11.3. The number of carboxylic acid groups (broad SMARTS) is 1. The minimum Gasteiger partial charge on any atom is -0.481 e. The molecular weight excluding hydrogens is 332 g/mol. The van der Waals surface area contributed by atoms with Crippen LogP contribution in [-0.4, -0.2) is 46.9 Å². The van der Waals surface area contributed by atoms with Crippen LogP contribution in [0.5, 0.6) is 0 Å². The number of hydrogen-bond acceptors (Lipinski definition) is 3. The Hall–Kier alpha value is -2.08. The van der Waals surface area contributed by atoms with Crippen molar-refractivity contribution in [3.8, 4) is 0 Å². The van der Waals surface area contributed by atoms with Crippen LogP contribution in [0.15, 0.2) is 24.3 Å². The molecule has 0 aliphatic carbocycles. The molecule has 2 unspecified atom stereocenters. The molecule has 0 aromatic heterocycles. The Labute approximate surface area is 145 Å². The number of hydrogen-bond donors (Lipinski definition) is 2. The summed E-state index contributed by atoms with van der Waals surface area (Å²) in [5, 5.41) is 12.3. The SMILES string of the molecule is CC(C)C(NC(=O)c1ccc(Cl)cc1)C(=O)N1CCC(C(=O)O)C1. The Morgan fingerprint density at radius 3 is 2.38 bits per heavy atom. The zero-order valence-electron chi connectivity index (χ0n) is 13.7. The highest BCUT2D eigenvalue weighted by Crippen LogP contribution is 2.19. The van der Waals surface area contributed by atoms with E-state index < -0.39 is 17.9 Å². The molecule has 2 N–H and O–H groups in total. The molecule has 6 nitrogen and oxygen atoms in total. The van der Waals surface area contributed by atoms with Crippen LogP contribution in [-0.2, 0) is 9.59 Å². The molecule has 1 heterocycles. The standard InChI is InChI=1S/C17H21ClN2O4/c1-10(2)14(16(22)20-8-7-12(9-20)17(23)24)19-15(21)11-3-5-13(18)6-4-11/h3-6,10,12,14H,7-9H2,1-2H3,(H,19,21)(H,23,24). The number of likely N-dealkylation sites (tertiary alicyclic amines) is 1. The fourth-order valence-corrected chi connectivity index (χ4v) is 2.82. The van der Waals surface area contributed by atoms with Crippen molar-refractivity contribution >= 4 is 29.4 Å². The zero-order chi connectivity index (χ0) is 17.9. The maximum atomic E-state index is 12.7. The second-order valence-corrected chi connectivity index (χ2v) is 6.75. The molecule has 0 radical (unpaired) electrons. The minimum absolute atomic E-state index is 0.113. The molecule has 2 amide bonds. The molecular formula is C17H21ClN2O4. The van der Waals surface area contributed by atoms with Crippen LogP contribution >= 0.6 is 11.6 Å². The molecule has 1 aromatic rings. The molecule has 0 bridgehead atoms. The van der Waals surface area contributed by atoms with Crippen LogP contribution in [0.25, 0.3) is 0 Å². The van der Waals surface area contributed by atoms with E-state index in [9.17, 15) is 14.4 Å². The van der Waals surface area contributed by atoms with E-state index in [1.54, 1.807) is 24.3 Å². The first-order valence-electron chi connectivity index (χ1n) is 7.87. The molecule has 0 saturated carbocycles. The van der Waals surface area contributed by atoms with E-state index in [1.807, 2.05) is 13.8 Å². The van der Waals surface area contributed by atoms with Gasteiger partial charge in [-0.05, 0) is 36.6 Å². The number of carboxylic acids is 1. The Bertz CT molecular complexity index is 630. The van der Waals surface area contributed by atoms with Crippen molar-refractivity contribution in [2.24, 2.45) is 11.8 Å². The molecule has 0 spiro atoms. The van der Waals surface area contributed by atoms with Gasteiger partial charge < -0.3 is 15.3 Å². The average molecular weight is 353 g/mol. The number of amides is 2. The predicted molar refractivity (Wildman–Crippen MR) is 89.9 cm³/mol. The van der Waals surface area contributed by atoms with Crippen LogP contribution in [0.2, 0.25) is 5.02 Å². The lowest BCUT2D eigenvalue weighted by Gasteiger charge is -2.27. The minimum atomic E-state index is -0.892. The van der Waals surface area contributed by atoms with Gasteiger partial charge in [-0.25, -0.2) is 0 Å². The van der Waals surface area contributed by atoms with Gasteiger partial charge in [0.15, 0.2) is 0 Å². The van der Waals surface area contributed by atoms with Gasteiger partial charge in [-0.15, -0.1) is 0 Å². The van der Waals surface area contributed by atoms with E-state index in [4.69, 9.17) is 16.7 Å². The van der Waals surface area contributed by atoms with Crippen molar-refractivity contribution in [2.45, 2.75) is 26.3 Å². The van der Waals surface area contributed by atoms with Crippen molar-refractivity contribution in [3.63, 3.8) is 0 Å². The number of nitrogens with one attached hydrogen (secondary N) is 1. The number of carbonyl (C=O) groups excluding carboxylic acids is 2. The van der Waals surface area contributed by atoms with Gasteiger partial charge in [0.05, 0.1) is 5.92 Å². The van der Waals surface area contributed by atoms with E-state index in [2.05, 4.69) is 5.32 Å². The first kappa shape index (κ1) is 18.3. The lowest BCUT2D eigenvalue weighted by Crippen LogP contribution is -2.50. The number of rotatable bonds is 5. The molecule has 7 heteroatoms. The monoisotopic (exact) mass is 352 g/mol. The molecule has 130 valence electrons. The van der Waals surface area contributed by atoms with Crippen molar-refractivity contribution in [1.29, 1.82) is 0 Å². The Morgan fingerprint density at radius 1 is 1.25 bits per heavy atom. The molecule has 2 rings (SSSR count). The molecule has 24 heavy (non-hydrogen) atoms. The summed E-state index contributed by atoms with van der Waals surface area (Å²) in [4.78, 5) is 37.6. The van der Waals surface area contributed by atoms with Crippen LogP contribution < -0.4 is 5.32 Å². The van der Waals surface area contributed by atoms with Crippen molar-refractivity contribution in [2.75, 3.05) is 13.1 Å². The predicted octanol–water partition coefficient (Wildman–Crippen LogP) is 2.03. The lowest BCUT2D eigenvalue weighted by molar-refractivity contribution is -0.141. The summed E-state index contributed by atoms with van der Waals surface area (Å²) < 4.78 is 0. The van der Waals surface area contributed by atoms with Gasteiger partial charge in [0.25, 0.3) is 5.91 Å². The normalized spacial score (nSPS) is 18.5. The van der Waals surface area contributed by atoms with Crippen LogP contribution in [0, 0.1) is 11.8 Å². The smallest absolute Gasteiger partial charge is 0.308 e. The van der Waals surface area contributed by atoms with Gasteiger partial charge >= 0.3 is 5.97 Å². The highest BCUT2D eigenvalue weighted by molar-refractivity contribution is 6.30. The summed E-state index contributed by atoms with van der Waals surface area (Å²) in [6.07, 6.45) is 0.441. The first-order valence-corrected chi connectivity index (χ1v) is 8.25. The summed E-state index contributed by atoms with van der Waals surface area (Å²) in [6, 6.07) is 5.72. The third-order valence-electron chi connectivity index (χ3n) is 4.17. The van der Waals surface area contributed by atoms with Gasteiger partial charge in [0, 0.05) is 23.7 Å². The second-order valence-electron chi connectivity index (χ2n) is 6.31. The highest BCUT2D eigenvalue weighted by atomic mass is 35.5. The summed E-state index contributed by atoms with van der Waals surface area (Å²) in [5.41, 5.74) is 0.419.